The molecule has 0 aliphatic carbocycles. The zero-order valence-corrected chi connectivity index (χ0v) is 10.3. The van der Waals surface area contributed by atoms with Gasteiger partial charge in [0.1, 0.15) is 5.82 Å². The molecule has 1 aromatic heterocycles. The van der Waals surface area contributed by atoms with Gasteiger partial charge in [-0.25, -0.2) is 4.39 Å². The summed E-state index contributed by atoms with van der Waals surface area (Å²) in [7, 11) is 0. The molecule has 3 nitrogen and oxygen atoms in total. The van der Waals surface area contributed by atoms with Crippen LogP contribution in [0.3, 0.4) is 0 Å². The summed E-state index contributed by atoms with van der Waals surface area (Å²) in [5.41, 5.74) is 7.04. The van der Waals surface area contributed by atoms with Crippen molar-refractivity contribution in [1.82, 2.24) is 4.98 Å². The molecule has 4 heteroatoms. The normalized spacial score (nSPS) is 10.9. The zero-order valence-electron chi connectivity index (χ0n) is 10.3. The molecular weight excluding hydrogens is 217 g/mol. The monoisotopic (exact) mass is 233 g/mol. The molecule has 3 N–H and O–H groups in total. The molecule has 2 aromatic rings. The predicted octanol–water partition coefficient (Wildman–Crippen LogP) is 2.84. The highest BCUT2D eigenvalue weighted by Crippen LogP contribution is 2.30. The van der Waals surface area contributed by atoms with Crippen LogP contribution < -0.4 is 11.3 Å². The second-order valence-corrected chi connectivity index (χ2v) is 4.17. The Morgan fingerprint density at radius 3 is 2.65 bits per heavy atom. The van der Waals surface area contributed by atoms with E-state index in [-0.39, 0.29) is 5.82 Å². The average molecular weight is 233 g/mol. The van der Waals surface area contributed by atoms with Crippen molar-refractivity contribution >= 4 is 16.6 Å². The van der Waals surface area contributed by atoms with Gasteiger partial charge in [0, 0.05) is 11.1 Å². The Bertz CT molecular complexity index is 579. The van der Waals surface area contributed by atoms with Crippen molar-refractivity contribution in [3.8, 4) is 0 Å². The number of anilines is 1. The van der Waals surface area contributed by atoms with Crippen LogP contribution in [-0.2, 0) is 6.42 Å². The Hall–Kier alpha value is -1.68. The maximum absolute atomic E-state index is 13.5. The molecule has 90 valence electrons. The number of aromatic nitrogens is 1. The summed E-state index contributed by atoms with van der Waals surface area (Å²) >= 11 is 0. The van der Waals surface area contributed by atoms with Crippen LogP contribution in [0.5, 0.6) is 0 Å². The highest BCUT2D eigenvalue weighted by Gasteiger charge is 2.13. The van der Waals surface area contributed by atoms with Gasteiger partial charge in [0.2, 0.25) is 0 Å². The molecule has 0 bridgehead atoms. The van der Waals surface area contributed by atoms with Gasteiger partial charge in [-0.2, -0.15) is 0 Å². The van der Waals surface area contributed by atoms with E-state index >= 15 is 0 Å². The molecule has 0 spiro atoms. The lowest BCUT2D eigenvalue weighted by atomic mass is 10.0. The summed E-state index contributed by atoms with van der Waals surface area (Å²) in [5.74, 6) is 5.30. The first-order valence-corrected chi connectivity index (χ1v) is 5.64. The Morgan fingerprint density at radius 2 is 2.06 bits per heavy atom. The molecule has 0 atom stereocenters. The largest absolute Gasteiger partial charge is 0.323 e. The molecule has 17 heavy (non-hydrogen) atoms. The SMILES string of the molecule is CCc1c(C)nc2c(C)cc(F)cc2c1NN. The van der Waals surface area contributed by atoms with Crippen LogP contribution in [0.1, 0.15) is 23.7 Å². The van der Waals surface area contributed by atoms with E-state index in [0.29, 0.717) is 0 Å². The average Bonchev–Trinajstić information content (AvgIpc) is 2.28. The second-order valence-electron chi connectivity index (χ2n) is 4.17. The van der Waals surface area contributed by atoms with Crippen molar-refractivity contribution in [2.45, 2.75) is 27.2 Å². The smallest absolute Gasteiger partial charge is 0.124 e. The third kappa shape index (κ3) is 1.85. The number of aryl methyl sites for hydroxylation is 2. The van der Waals surface area contributed by atoms with Crippen LogP contribution in [0.4, 0.5) is 10.1 Å². The minimum atomic E-state index is -0.265. The molecule has 0 saturated heterocycles. The van der Waals surface area contributed by atoms with Crippen molar-refractivity contribution in [3.63, 3.8) is 0 Å². The fourth-order valence-electron chi connectivity index (χ4n) is 2.25. The van der Waals surface area contributed by atoms with E-state index in [2.05, 4.69) is 10.4 Å². The molecule has 0 radical (unpaired) electrons. The molecule has 0 unspecified atom stereocenters. The number of fused-ring (bicyclic) bond motifs is 1. The van der Waals surface area contributed by atoms with E-state index in [9.17, 15) is 4.39 Å². The fraction of sp³-hybridized carbons (Fsp3) is 0.308. The minimum absolute atomic E-state index is 0.265. The number of hydrogen-bond acceptors (Lipinski definition) is 3. The fourth-order valence-corrected chi connectivity index (χ4v) is 2.25. The minimum Gasteiger partial charge on any atom is -0.323 e. The summed E-state index contributed by atoms with van der Waals surface area (Å²) < 4.78 is 13.5. The highest BCUT2D eigenvalue weighted by molar-refractivity contribution is 5.95. The molecule has 2 rings (SSSR count). The number of rotatable bonds is 2. The maximum Gasteiger partial charge on any atom is 0.124 e. The van der Waals surface area contributed by atoms with Crippen LogP contribution in [0.2, 0.25) is 0 Å². The van der Waals surface area contributed by atoms with Crippen molar-refractivity contribution in [2.75, 3.05) is 5.43 Å². The third-order valence-corrected chi connectivity index (χ3v) is 3.05. The van der Waals surface area contributed by atoms with Crippen molar-refractivity contribution < 1.29 is 4.39 Å². The molecule has 0 amide bonds. The van der Waals surface area contributed by atoms with Gasteiger partial charge in [-0.1, -0.05) is 6.92 Å². The molecule has 0 aliphatic rings. The second kappa shape index (κ2) is 4.30. The molecule has 1 aromatic carbocycles. The summed E-state index contributed by atoms with van der Waals surface area (Å²) in [4.78, 5) is 4.53. The summed E-state index contributed by atoms with van der Waals surface area (Å²) in [5, 5.41) is 0.743. The van der Waals surface area contributed by atoms with E-state index in [1.54, 1.807) is 0 Å². The van der Waals surface area contributed by atoms with E-state index in [1.165, 1.54) is 12.1 Å². The number of pyridine rings is 1. The number of nitrogens with two attached hydrogens (primary N) is 1. The molecule has 1 heterocycles. The van der Waals surface area contributed by atoms with E-state index in [1.807, 2.05) is 20.8 Å². The van der Waals surface area contributed by atoms with Crippen LogP contribution in [0.25, 0.3) is 10.9 Å². The lowest BCUT2D eigenvalue weighted by Crippen LogP contribution is -2.12. The van der Waals surface area contributed by atoms with E-state index in [0.717, 1.165) is 39.8 Å². The summed E-state index contributed by atoms with van der Waals surface area (Å²) in [6.45, 7) is 5.83. The molecule has 0 fully saturated rings. The van der Waals surface area contributed by atoms with Crippen molar-refractivity contribution in [3.05, 3.63) is 34.8 Å². The van der Waals surface area contributed by atoms with Crippen LogP contribution in [0, 0.1) is 19.7 Å². The standard InChI is InChI=1S/C13H16FN3/c1-4-10-8(3)16-12-7(2)5-9(14)6-11(12)13(10)17-15/h5-6H,4,15H2,1-3H3,(H,16,17). The Labute approximate surface area is 99.8 Å². The van der Waals surface area contributed by atoms with E-state index in [4.69, 9.17) is 5.84 Å². The summed E-state index contributed by atoms with van der Waals surface area (Å²) in [6, 6.07) is 2.96. The quantitative estimate of drug-likeness (QED) is 0.619. The molecule has 0 saturated carbocycles. The lowest BCUT2D eigenvalue weighted by molar-refractivity contribution is 0.628. The third-order valence-electron chi connectivity index (χ3n) is 3.05. The van der Waals surface area contributed by atoms with Gasteiger partial charge in [0.05, 0.1) is 11.2 Å². The Morgan fingerprint density at radius 1 is 1.35 bits per heavy atom. The van der Waals surface area contributed by atoms with Gasteiger partial charge in [-0.05, 0) is 43.5 Å². The maximum atomic E-state index is 13.5. The van der Waals surface area contributed by atoms with Crippen LogP contribution in [0.15, 0.2) is 12.1 Å². The number of nitrogens with one attached hydrogen (secondary N) is 1. The van der Waals surface area contributed by atoms with Gasteiger partial charge >= 0.3 is 0 Å². The van der Waals surface area contributed by atoms with Crippen molar-refractivity contribution in [1.29, 1.82) is 0 Å². The molecular formula is C13H16FN3. The number of hydrogen-bond donors (Lipinski definition) is 2. The van der Waals surface area contributed by atoms with E-state index < -0.39 is 0 Å². The predicted molar refractivity (Wildman–Crippen MR) is 68.4 cm³/mol. The van der Waals surface area contributed by atoms with Crippen LogP contribution in [-0.4, -0.2) is 4.98 Å². The van der Waals surface area contributed by atoms with Gasteiger partial charge in [-0.15, -0.1) is 0 Å². The summed E-state index contributed by atoms with van der Waals surface area (Å²) in [6.07, 6.45) is 0.809. The first-order chi connectivity index (χ1) is 8.08. The Kier molecular flexibility index (Phi) is 2.98. The van der Waals surface area contributed by atoms with Gasteiger partial charge in [-0.3, -0.25) is 10.8 Å². The molecule has 0 aliphatic heterocycles. The van der Waals surface area contributed by atoms with Gasteiger partial charge in [0.15, 0.2) is 0 Å². The van der Waals surface area contributed by atoms with Gasteiger partial charge < -0.3 is 5.43 Å². The van der Waals surface area contributed by atoms with Crippen LogP contribution >= 0.6 is 0 Å². The number of nitrogen functional groups attached to an aromatic ring is 1. The Balaban J connectivity index is 2.93. The topological polar surface area (TPSA) is 50.9 Å². The highest BCUT2D eigenvalue weighted by atomic mass is 19.1. The number of nitrogens with zero attached hydrogens (tertiary/aromatic N) is 1. The van der Waals surface area contributed by atoms with Gasteiger partial charge in [0.25, 0.3) is 0 Å². The number of benzene rings is 1. The lowest BCUT2D eigenvalue weighted by Gasteiger charge is -2.14. The number of hydrazine groups is 1. The number of halogens is 1. The van der Waals surface area contributed by atoms with Crippen molar-refractivity contribution in [2.24, 2.45) is 5.84 Å². The first-order valence-electron chi connectivity index (χ1n) is 5.64. The zero-order chi connectivity index (χ0) is 12.6. The first kappa shape index (κ1) is 11.8.